The van der Waals surface area contributed by atoms with Gasteiger partial charge in [0.05, 0.1) is 6.04 Å². The number of hydrogen-bond acceptors (Lipinski definition) is 7. The summed E-state index contributed by atoms with van der Waals surface area (Å²) in [5, 5.41) is 20.6. The van der Waals surface area contributed by atoms with Crippen LogP contribution in [0.5, 0.6) is 5.75 Å². The van der Waals surface area contributed by atoms with Gasteiger partial charge in [0, 0.05) is 31.3 Å². The van der Waals surface area contributed by atoms with E-state index in [0.29, 0.717) is 28.9 Å². The molecule has 0 bridgehead atoms. The summed E-state index contributed by atoms with van der Waals surface area (Å²) in [7, 11) is 1.74. The van der Waals surface area contributed by atoms with Gasteiger partial charge in [-0.15, -0.1) is 11.3 Å². The van der Waals surface area contributed by atoms with Crippen molar-refractivity contribution in [2.75, 3.05) is 32.5 Å². The van der Waals surface area contributed by atoms with Gasteiger partial charge in [0.25, 0.3) is 0 Å². The number of hydrogen-bond donors (Lipinski definition) is 2. The van der Waals surface area contributed by atoms with E-state index in [-0.39, 0.29) is 24.4 Å². The average molecular weight is 450 g/mol. The van der Waals surface area contributed by atoms with Crippen LogP contribution in [0.2, 0.25) is 0 Å². The number of para-hydroxylation sites is 1. The lowest BCUT2D eigenvalue weighted by Gasteiger charge is -2.20. The van der Waals surface area contributed by atoms with E-state index in [4.69, 9.17) is 9.84 Å². The minimum atomic E-state index is -1.05. The second-order valence-corrected chi connectivity index (χ2v) is 8.85. The molecule has 3 rings (SSSR count). The summed E-state index contributed by atoms with van der Waals surface area (Å²) < 4.78 is 6.20. The van der Waals surface area contributed by atoms with Crippen molar-refractivity contribution in [2.24, 2.45) is 0 Å². The fourth-order valence-corrected chi connectivity index (χ4v) is 4.72. The Morgan fingerprint density at radius 1 is 1.43 bits per heavy atom. The molecule has 2 aromatic rings. The molecular weight excluding hydrogens is 426 g/mol. The molecule has 1 aliphatic heterocycles. The van der Waals surface area contributed by atoms with Crippen molar-refractivity contribution < 1.29 is 24.5 Å². The number of aliphatic hydroxyl groups is 1. The molecule has 1 aromatic heterocycles. The third-order valence-electron chi connectivity index (χ3n) is 4.41. The third kappa shape index (κ3) is 5.97. The van der Waals surface area contributed by atoms with Crippen LogP contribution >= 0.6 is 23.1 Å². The van der Waals surface area contributed by atoms with E-state index in [2.05, 4.69) is 4.98 Å². The predicted octanol–water partition coefficient (Wildman–Crippen LogP) is 2.67. The van der Waals surface area contributed by atoms with E-state index in [1.54, 1.807) is 22.9 Å². The van der Waals surface area contributed by atoms with Crippen LogP contribution in [-0.2, 0) is 0 Å². The van der Waals surface area contributed by atoms with Crippen molar-refractivity contribution in [1.82, 2.24) is 14.8 Å². The van der Waals surface area contributed by atoms with Crippen LogP contribution in [0.1, 0.15) is 10.5 Å². The lowest BCUT2D eigenvalue weighted by Crippen LogP contribution is -2.35. The molecule has 1 unspecified atom stereocenters. The van der Waals surface area contributed by atoms with E-state index in [1.165, 1.54) is 28.5 Å². The van der Waals surface area contributed by atoms with Crippen LogP contribution in [-0.4, -0.2) is 81.6 Å². The van der Waals surface area contributed by atoms with Crippen molar-refractivity contribution >= 4 is 35.1 Å². The Bertz CT molecular complexity index is 890. The number of carboxylic acid groups (broad SMARTS) is 1. The average Bonchev–Trinajstić information content (AvgIpc) is 3.32. The smallest absolute Gasteiger partial charge is 0.355 e. The van der Waals surface area contributed by atoms with Crippen LogP contribution in [0, 0.1) is 0 Å². The first kappa shape index (κ1) is 22.1. The predicted molar refractivity (Wildman–Crippen MR) is 115 cm³/mol. The van der Waals surface area contributed by atoms with Gasteiger partial charge < -0.3 is 24.7 Å². The molecule has 0 aliphatic carbocycles. The summed E-state index contributed by atoms with van der Waals surface area (Å²) in [5.41, 5.74) is 0.0343. The number of nitrogens with zero attached hydrogens (tertiary/aromatic N) is 3. The first-order valence-corrected chi connectivity index (χ1v) is 11.2. The van der Waals surface area contributed by atoms with Gasteiger partial charge in [0.2, 0.25) is 0 Å². The molecule has 0 radical (unpaired) electrons. The highest BCUT2D eigenvalue weighted by molar-refractivity contribution is 8.01. The zero-order valence-electron chi connectivity index (χ0n) is 16.4. The fourth-order valence-electron chi connectivity index (χ4n) is 2.91. The molecule has 2 heterocycles. The van der Waals surface area contributed by atoms with Gasteiger partial charge in [-0.1, -0.05) is 42.1 Å². The minimum Gasteiger partial charge on any atom is -0.491 e. The van der Waals surface area contributed by atoms with Crippen LogP contribution in [0.15, 0.2) is 52.2 Å². The monoisotopic (exact) mass is 449 g/mol. The number of aromatic nitrogens is 1. The molecule has 1 aromatic carbocycles. The van der Waals surface area contributed by atoms with Gasteiger partial charge in [0.1, 0.15) is 18.5 Å². The number of carboxylic acids is 1. The third-order valence-corrected chi connectivity index (χ3v) is 6.41. The van der Waals surface area contributed by atoms with E-state index in [9.17, 15) is 14.7 Å². The van der Waals surface area contributed by atoms with E-state index >= 15 is 0 Å². The lowest BCUT2D eigenvalue weighted by molar-refractivity contribution is 0.0690. The van der Waals surface area contributed by atoms with Gasteiger partial charge in [0.15, 0.2) is 10.0 Å². The second kappa shape index (κ2) is 10.5. The molecular formula is C20H23N3O5S2. The number of carbonyl (C=O) groups is 2. The quantitative estimate of drug-likeness (QED) is 0.425. The molecule has 0 spiro atoms. The fraction of sp³-hybridized carbons (Fsp3) is 0.350. The number of carbonyl (C=O) groups excluding carboxylic acids is 1. The molecule has 2 N–H and O–H groups in total. The highest BCUT2D eigenvalue weighted by Gasteiger charge is 2.33. The first-order valence-electron chi connectivity index (χ1n) is 9.31. The summed E-state index contributed by atoms with van der Waals surface area (Å²) >= 11 is 2.70. The maximum atomic E-state index is 12.4. The summed E-state index contributed by atoms with van der Waals surface area (Å²) in [6.45, 7) is 1.15. The van der Waals surface area contributed by atoms with Crippen molar-refractivity contribution in [1.29, 1.82) is 0 Å². The number of amides is 2. The number of thiazole rings is 1. The van der Waals surface area contributed by atoms with E-state index < -0.39 is 12.1 Å². The van der Waals surface area contributed by atoms with Crippen molar-refractivity contribution in [2.45, 2.75) is 16.5 Å². The van der Waals surface area contributed by atoms with Gasteiger partial charge >= 0.3 is 12.0 Å². The standard InChI is InChI=1S/C20H23N3O5S2/c1-22-11-14(7-8-15(24)12-28-16-5-3-2-4-6-16)23(20(22)27)9-10-29-19-21-17(13-30-19)18(25)26/h2-8,13-15,24H,9-12H2,1H3,(H,25,26)/t14-,15?/m0/s1. The Morgan fingerprint density at radius 3 is 2.90 bits per heavy atom. The second-order valence-electron chi connectivity index (χ2n) is 6.65. The molecule has 1 aliphatic rings. The topological polar surface area (TPSA) is 103 Å². The summed E-state index contributed by atoms with van der Waals surface area (Å²) in [4.78, 5) is 30.8. The molecule has 1 fully saturated rings. The Balaban J connectivity index is 1.50. The molecule has 2 atom stereocenters. The Hall–Kier alpha value is -2.56. The number of rotatable bonds is 10. The van der Waals surface area contributed by atoms with Crippen molar-refractivity contribution in [3.8, 4) is 5.75 Å². The lowest BCUT2D eigenvalue weighted by atomic mass is 10.2. The SMILES string of the molecule is CN1C[C@H](C=CC(O)COc2ccccc2)N(CCSc2nc(C(=O)O)cs2)C1=O. The number of aromatic carboxylic acids is 1. The van der Waals surface area contributed by atoms with Gasteiger partial charge in [-0.05, 0) is 12.1 Å². The van der Waals surface area contributed by atoms with Gasteiger partial charge in [-0.3, -0.25) is 0 Å². The summed E-state index contributed by atoms with van der Waals surface area (Å²) in [5.74, 6) is 0.234. The molecule has 1 saturated heterocycles. The Morgan fingerprint density at radius 2 is 2.20 bits per heavy atom. The van der Waals surface area contributed by atoms with Crippen molar-refractivity contribution in [3.05, 3.63) is 53.6 Å². The molecule has 10 heteroatoms. The number of benzene rings is 1. The number of likely N-dealkylation sites (N-methyl/N-ethyl adjacent to an activating group) is 1. The van der Waals surface area contributed by atoms with Gasteiger partial charge in [-0.2, -0.15) is 0 Å². The highest BCUT2D eigenvalue weighted by atomic mass is 32.2. The Kier molecular flexibility index (Phi) is 7.72. The number of aliphatic hydroxyl groups excluding tert-OH is 1. The highest BCUT2D eigenvalue weighted by Crippen LogP contribution is 2.24. The van der Waals surface area contributed by atoms with Crippen LogP contribution in [0.4, 0.5) is 4.79 Å². The molecule has 160 valence electrons. The normalized spacial score (nSPS) is 17.7. The number of urea groups is 1. The summed E-state index contributed by atoms with van der Waals surface area (Å²) in [6, 6.07) is 9.03. The van der Waals surface area contributed by atoms with Crippen molar-refractivity contribution in [3.63, 3.8) is 0 Å². The zero-order chi connectivity index (χ0) is 21.5. The molecule has 30 heavy (non-hydrogen) atoms. The van der Waals surface area contributed by atoms with Crippen LogP contribution < -0.4 is 4.74 Å². The Labute approximate surface area is 182 Å². The number of ether oxygens (including phenoxy) is 1. The maximum Gasteiger partial charge on any atom is 0.355 e. The van der Waals surface area contributed by atoms with Crippen LogP contribution in [0.25, 0.3) is 0 Å². The summed E-state index contributed by atoms with van der Waals surface area (Å²) in [6.07, 6.45) is 2.70. The molecule has 8 nitrogen and oxygen atoms in total. The molecule has 2 amide bonds. The van der Waals surface area contributed by atoms with E-state index in [0.717, 1.165) is 0 Å². The first-order chi connectivity index (χ1) is 14.4. The van der Waals surface area contributed by atoms with Gasteiger partial charge in [-0.25, -0.2) is 14.6 Å². The maximum absolute atomic E-state index is 12.4. The largest absolute Gasteiger partial charge is 0.491 e. The van der Waals surface area contributed by atoms with E-state index in [1.807, 2.05) is 36.4 Å². The van der Waals surface area contributed by atoms with Crippen LogP contribution in [0.3, 0.4) is 0 Å². The molecule has 0 saturated carbocycles. The zero-order valence-corrected chi connectivity index (χ0v) is 18.0. The number of thioether (sulfide) groups is 1. The minimum absolute atomic E-state index is 0.0343.